The third-order valence-corrected chi connectivity index (χ3v) is 4.68. The normalized spacial score (nSPS) is 19.1. The number of rotatable bonds is 4. The van der Waals surface area contributed by atoms with Gasteiger partial charge in [-0.15, -0.1) is 11.3 Å². The van der Waals surface area contributed by atoms with Crippen LogP contribution in [0.4, 0.5) is 0 Å². The fourth-order valence-electron chi connectivity index (χ4n) is 2.96. The Morgan fingerprint density at radius 3 is 3.06 bits per heavy atom. The third kappa shape index (κ3) is 2.24. The molecule has 1 aliphatic rings. The largest absolute Gasteiger partial charge is 0.316 e. The lowest BCUT2D eigenvalue weighted by molar-refractivity contribution is 0.375. The first-order valence-corrected chi connectivity index (χ1v) is 7.33. The molecule has 17 heavy (non-hydrogen) atoms. The van der Waals surface area contributed by atoms with E-state index in [1.807, 2.05) is 0 Å². The summed E-state index contributed by atoms with van der Waals surface area (Å²) in [6.45, 7) is 0. The molecule has 1 fully saturated rings. The van der Waals surface area contributed by atoms with Gasteiger partial charge in [-0.2, -0.15) is 0 Å². The van der Waals surface area contributed by atoms with Crippen LogP contribution in [0.2, 0.25) is 0 Å². The van der Waals surface area contributed by atoms with Crippen molar-refractivity contribution < 1.29 is 0 Å². The number of imidazole rings is 1. The van der Waals surface area contributed by atoms with Crippen LogP contribution in [0.3, 0.4) is 0 Å². The van der Waals surface area contributed by atoms with Gasteiger partial charge in [0.05, 0.1) is 5.69 Å². The van der Waals surface area contributed by atoms with Crippen LogP contribution in [0, 0.1) is 5.92 Å². The van der Waals surface area contributed by atoms with Crippen LogP contribution in [0.5, 0.6) is 0 Å². The highest BCUT2D eigenvalue weighted by atomic mass is 32.1. The zero-order valence-electron chi connectivity index (χ0n) is 10.2. The molecular weight excluding hydrogens is 230 g/mol. The minimum atomic E-state index is 0.599. The first-order valence-electron chi connectivity index (χ1n) is 6.45. The predicted octanol–water partition coefficient (Wildman–Crippen LogP) is 2.72. The van der Waals surface area contributed by atoms with E-state index in [-0.39, 0.29) is 0 Å². The van der Waals surface area contributed by atoms with E-state index in [1.54, 1.807) is 11.3 Å². The maximum Gasteiger partial charge on any atom is 0.193 e. The second-order valence-electron chi connectivity index (χ2n) is 4.97. The molecule has 1 unspecified atom stereocenters. The Bertz CT molecular complexity index is 453. The number of likely N-dealkylation sites (N-methyl/N-ethyl adjacent to an activating group) is 1. The molecule has 3 nitrogen and oxygen atoms in total. The fraction of sp³-hybridized carbons (Fsp3) is 0.615. The van der Waals surface area contributed by atoms with E-state index >= 15 is 0 Å². The van der Waals surface area contributed by atoms with Crippen LogP contribution in [-0.4, -0.2) is 22.5 Å². The van der Waals surface area contributed by atoms with Gasteiger partial charge in [-0.25, -0.2) is 4.98 Å². The van der Waals surface area contributed by atoms with E-state index in [1.165, 1.54) is 31.4 Å². The molecule has 1 saturated carbocycles. The Kier molecular flexibility index (Phi) is 3.16. The third-order valence-electron chi connectivity index (χ3n) is 3.91. The summed E-state index contributed by atoms with van der Waals surface area (Å²) in [6, 6.07) is 0.599. The first-order chi connectivity index (χ1) is 8.36. The molecule has 0 aromatic carbocycles. The maximum absolute atomic E-state index is 4.67. The number of hydrogen-bond donors (Lipinski definition) is 1. The highest BCUT2D eigenvalue weighted by Crippen LogP contribution is 2.29. The van der Waals surface area contributed by atoms with Crippen molar-refractivity contribution in [3.63, 3.8) is 0 Å². The molecule has 1 N–H and O–H groups in total. The molecule has 4 heteroatoms. The second kappa shape index (κ2) is 4.78. The van der Waals surface area contributed by atoms with Gasteiger partial charge < -0.3 is 5.32 Å². The SMILES string of the molecule is CNC(Cc1cn2ccsc2n1)C1CCCC1. The predicted molar refractivity (Wildman–Crippen MR) is 71.6 cm³/mol. The van der Waals surface area contributed by atoms with Gasteiger partial charge in [-0.05, 0) is 25.8 Å². The zero-order chi connectivity index (χ0) is 11.7. The number of thiazole rings is 1. The number of hydrogen-bond acceptors (Lipinski definition) is 3. The lowest BCUT2D eigenvalue weighted by Crippen LogP contribution is -2.34. The Balaban J connectivity index is 1.73. The van der Waals surface area contributed by atoms with Crippen LogP contribution in [0.25, 0.3) is 4.96 Å². The molecule has 2 aromatic rings. The molecule has 2 heterocycles. The molecule has 3 rings (SSSR count). The molecule has 0 aliphatic heterocycles. The van der Waals surface area contributed by atoms with Crippen molar-refractivity contribution in [2.24, 2.45) is 5.92 Å². The molecule has 2 aromatic heterocycles. The van der Waals surface area contributed by atoms with Gasteiger partial charge in [-0.1, -0.05) is 12.8 Å². The summed E-state index contributed by atoms with van der Waals surface area (Å²) in [5.74, 6) is 0.847. The molecular formula is C13H19N3S. The molecule has 1 atom stereocenters. The second-order valence-corrected chi connectivity index (χ2v) is 5.84. The Hall–Kier alpha value is -0.870. The monoisotopic (exact) mass is 249 g/mol. The average Bonchev–Trinajstić information content (AvgIpc) is 3.01. The van der Waals surface area contributed by atoms with Crippen LogP contribution in [-0.2, 0) is 6.42 Å². The number of nitrogens with one attached hydrogen (secondary N) is 1. The topological polar surface area (TPSA) is 29.3 Å². The van der Waals surface area contributed by atoms with Crippen LogP contribution >= 0.6 is 11.3 Å². The van der Waals surface area contributed by atoms with Crippen LogP contribution < -0.4 is 5.32 Å². The molecule has 0 saturated heterocycles. The van der Waals surface area contributed by atoms with E-state index in [9.17, 15) is 0 Å². The van der Waals surface area contributed by atoms with Gasteiger partial charge in [-0.3, -0.25) is 4.40 Å². The van der Waals surface area contributed by atoms with Crippen molar-refractivity contribution in [2.45, 2.75) is 38.1 Å². The maximum atomic E-state index is 4.67. The lowest BCUT2D eigenvalue weighted by atomic mass is 9.94. The standard InChI is InChI=1S/C13H19N3S/c1-14-12(10-4-2-3-5-10)8-11-9-16-6-7-17-13(16)15-11/h6-7,9-10,12,14H,2-5,8H2,1H3. The molecule has 0 bridgehead atoms. The lowest BCUT2D eigenvalue weighted by Gasteiger charge is -2.21. The minimum absolute atomic E-state index is 0.599. The van der Waals surface area contributed by atoms with E-state index in [0.717, 1.165) is 17.3 Å². The number of nitrogens with zero attached hydrogens (tertiary/aromatic N) is 2. The van der Waals surface area contributed by atoms with Crippen molar-refractivity contribution in [1.82, 2.24) is 14.7 Å². The summed E-state index contributed by atoms with van der Waals surface area (Å²) in [5, 5.41) is 5.57. The number of aromatic nitrogens is 2. The summed E-state index contributed by atoms with van der Waals surface area (Å²) in [4.78, 5) is 5.79. The van der Waals surface area contributed by atoms with Crippen molar-refractivity contribution in [3.05, 3.63) is 23.5 Å². The minimum Gasteiger partial charge on any atom is -0.316 e. The molecule has 0 amide bonds. The Morgan fingerprint density at radius 1 is 1.53 bits per heavy atom. The highest BCUT2D eigenvalue weighted by Gasteiger charge is 2.24. The number of fused-ring (bicyclic) bond motifs is 1. The van der Waals surface area contributed by atoms with E-state index in [0.29, 0.717) is 6.04 Å². The summed E-state index contributed by atoms with van der Waals surface area (Å²) in [6.07, 6.45) is 10.9. The zero-order valence-corrected chi connectivity index (χ0v) is 11.0. The molecule has 1 aliphatic carbocycles. The molecule has 0 radical (unpaired) electrons. The fourth-order valence-corrected chi connectivity index (χ4v) is 3.68. The van der Waals surface area contributed by atoms with E-state index < -0.39 is 0 Å². The van der Waals surface area contributed by atoms with Crippen molar-refractivity contribution in [2.75, 3.05) is 7.05 Å². The summed E-state index contributed by atoms with van der Waals surface area (Å²) in [7, 11) is 2.08. The van der Waals surface area contributed by atoms with Crippen LogP contribution in [0.15, 0.2) is 17.8 Å². The Morgan fingerprint density at radius 2 is 2.35 bits per heavy atom. The summed E-state index contributed by atoms with van der Waals surface area (Å²) < 4.78 is 2.13. The van der Waals surface area contributed by atoms with Gasteiger partial charge in [0.2, 0.25) is 0 Å². The summed E-state index contributed by atoms with van der Waals surface area (Å²) in [5.41, 5.74) is 1.23. The van der Waals surface area contributed by atoms with Crippen LogP contribution in [0.1, 0.15) is 31.4 Å². The van der Waals surface area contributed by atoms with Crippen molar-refractivity contribution in [3.8, 4) is 0 Å². The smallest absolute Gasteiger partial charge is 0.193 e. The van der Waals surface area contributed by atoms with Crippen molar-refractivity contribution >= 4 is 16.3 Å². The Labute approximate surface area is 106 Å². The highest BCUT2D eigenvalue weighted by molar-refractivity contribution is 7.15. The summed E-state index contributed by atoms with van der Waals surface area (Å²) >= 11 is 1.71. The van der Waals surface area contributed by atoms with E-state index in [4.69, 9.17) is 0 Å². The quantitative estimate of drug-likeness (QED) is 0.902. The van der Waals surface area contributed by atoms with Gasteiger partial charge in [0.15, 0.2) is 4.96 Å². The van der Waals surface area contributed by atoms with Gasteiger partial charge in [0.25, 0.3) is 0 Å². The average molecular weight is 249 g/mol. The van der Waals surface area contributed by atoms with Gasteiger partial charge >= 0.3 is 0 Å². The van der Waals surface area contributed by atoms with Gasteiger partial charge in [0.1, 0.15) is 0 Å². The first kappa shape index (κ1) is 11.2. The molecule has 92 valence electrons. The van der Waals surface area contributed by atoms with Crippen molar-refractivity contribution in [1.29, 1.82) is 0 Å². The van der Waals surface area contributed by atoms with E-state index in [2.05, 4.69) is 39.5 Å². The van der Waals surface area contributed by atoms with Gasteiger partial charge in [0, 0.05) is 30.2 Å². The molecule has 0 spiro atoms.